The molecule has 2 N–H and O–H groups in total. The third-order valence-corrected chi connectivity index (χ3v) is 8.84. The number of nitrogens with zero attached hydrogens (tertiary/aromatic N) is 1. The zero-order valence-electron chi connectivity index (χ0n) is 23.9. The summed E-state index contributed by atoms with van der Waals surface area (Å²) in [6.45, 7) is 0.575. The van der Waals surface area contributed by atoms with Gasteiger partial charge in [0.25, 0.3) is 0 Å². The average Bonchev–Trinajstić information content (AvgIpc) is 3.45. The van der Waals surface area contributed by atoms with Crippen molar-refractivity contribution in [1.82, 2.24) is 9.88 Å². The summed E-state index contributed by atoms with van der Waals surface area (Å²) < 4.78 is 31.4. The van der Waals surface area contributed by atoms with E-state index >= 15 is 0 Å². The molecule has 6 nitrogen and oxygen atoms in total. The molecule has 0 saturated carbocycles. The van der Waals surface area contributed by atoms with Crippen LogP contribution in [0.4, 0.5) is 14.5 Å². The lowest BCUT2D eigenvalue weighted by atomic mass is 10.0. The van der Waals surface area contributed by atoms with Gasteiger partial charge in [-0.05, 0) is 41.0 Å². The maximum absolute atomic E-state index is 14.9. The van der Waals surface area contributed by atoms with Gasteiger partial charge in [-0.2, -0.15) is 0 Å². The fraction of sp³-hybridized carbons (Fsp3) is 0.0833. The Labute approximate surface area is 261 Å². The lowest BCUT2D eigenvalue weighted by Gasteiger charge is -2.13. The van der Waals surface area contributed by atoms with E-state index in [0.717, 1.165) is 16.0 Å². The summed E-state index contributed by atoms with van der Waals surface area (Å²) in [6, 6.07) is 29.1. The summed E-state index contributed by atoms with van der Waals surface area (Å²) in [6.07, 6.45) is 2.00. The zero-order valence-corrected chi connectivity index (χ0v) is 24.7. The highest BCUT2D eigenvalue weighted by Gasteiger charge is 2.25. The van der Waals surface area contributed by atoms with E-state index in [1.807, 2.05) is 42.5 Å². The number of carbonyl (C=O) groups is 2. The third kappa shape index (κ3) is 6.22. The lowest BCUT2D eigenvalue weighted by Crippen LogP contribution is -2.21. The number of rotatable bonds is 11. The van der Waals surface area contributed by atoms with Crippen LogP contribution in [0.15, 0.2) is 114 Å². The van der Waals surface area contributed by atoms with Crippen LogP contribution < -0.4 is 16.1 Å². The van der Waals surface area contributed by atoms with Crippen LogP contribution in [0.5, 0.6) is 0 Å². The molecular weight excluding hydrogens is 592 g/mol. The Morgan fingerprint density at radius 2 is 1.47 bits per heavy atom. The Bertz CT molecular complexity index is 2040. The highest BCUT2D eigenvalue weighted by atomic mass is 32.1. The van der Waals surface area contributed by atoms with Crippen LogP contribution in [0, 0.1) is 11.6 Å². The van der Waals surface area contributed by atoms with E-state index in [9.17, 15) is 23.2 Å². The van der Waals surface area contributed by atoms with Gasteiger partial charge in [-0.15, -0.1) is 11.3 Å². The Kier molecular flexibility index (Phi) is 8.72. The molecule has 6 aromatic rings. The molecule has 2 aromatic heterocycles. The Morgan fingerprint density at radius 3 is 2.13 bits per heavy atom. The molecule has 0 radical (unpaired) electrons. The minimum atomic E-state index is -0.724. The molecule has 6 rings (SSSR count). The van der Waals surface area contributed by atoms with E-state index in [1.165, 1.54) is 35.7 Å². The SMILES string of the molecule is O=CNc1ccc(-c2sc3c(c2CNCc2ccccc2)c(=O)c(C(=O)c2ccccc2)cn3Cc2c(F)cccc2F)cc1. The number of halogens is 2. The van der Waals surface area contributed by atoms with Crippen LogP contribution in [0.1, 0.15) is 32.6 Å². The standard InChI is InChI=1S/C36H27F2N3O3S/c37-30-12-7-13-31(38)28(30)20-41-21-29(33(43)24-10-5-2-6-11-24)34(44)32-27(19-39-18-23-8-3-1-4-9-23)35(45-36(32)41)25-14-16-26(17-15-25)40-22-42/h1-17,21-22,39H,18-20H2,(H,40,42). The van der Waals surface area contributed by atoms with Crippen LogP contribution >= 0.6 is 11.3 Å². The van der Waals surface area contributed by atoms with Gasteiger partial charge in [0.1, 0.15) is 16.5 Å². The van der Waals surface area contributed by atoms with Crippen molar-refractivity contribution >= 4 is 39.4 Å². The first kappa shape index (κ1) is 29.8. The normalized spacial score (nSPS) is 11.1. The molecule has 0 bridgehead atoms. The molecule has 0 aliphatic carbocycles. The number of pyridine rings is 1. The van der Waals surface area contributed by atoms with Gasteiger partial charge >= 0.3 is 0 Å². The van der Waals surface area contributed by atoms with E-state index < -0.39 is 22.8 Å². The van der Waals surface area contributed by atoms with Gasteiger partial charge in [0, 0.05) is 41.0 Å². The first-order valence-corrected chi connectivity index (χ1v) is 15.0. The number of anilines is 1. The van der Waals surface area contributed by atoms with E-state index in [0.29, 0.717) is 40.0 Å². The molecule has 0 atom stereocenters. The van der Waals surface area contributed by atoms with Crippen LogP contribution in [-0.4, -0.2) is 16.8 Å². The molecule has 9 heteroatoms. The van der Waals surface area contributed by atoms with Crippen molar-refractivity contribution in [3.8, 4) is 10.4 Å². The molecule has 0 fully saturated rings. The van der Waals surface area contributed by atoms with Crippen molar-refractivity contribution in [2.24, 2.45) is 0 Å². The number of aromatic nitrogens is 1. The van der Waals surface area contributed by atoms with Gasteiger partial charge in [-0.1, -0.05) is 78.9 Å². The topological polar surface area (TPSA) is 80.2 Å². The number of ketones is 1. The maximum Gasteiger partial charge on any atom is 0.211 e. The van der Waals surface area contributed by atoms with Crippen LogP contribution in [-0.2, 0) is 24.4 Å². The molecule has 224 valence electrons. The zero-order chi connectivity index (χ0) is 31.3. The summed E-state index contributed by atoms with van der Waals surface area (Å²) >= 11 is 1.31. The number of hydrogen-bond acceptors (Lipinski definition) is 5. The number of hydrogen-bond donors (Lipinski definition) is 2. The van der Waals surface area contributed by atoms with Crippen molar-refractivity contribution in [3.05, 3.63) is 159 Å². The summed E-state index contributed by atoms with van der Waals surface area (Å²) in [7, 11) is 0. The quantitative estimate of drug-likeness (QED) is 0.119. The number of amides is 1. The van der Waals surface area contributed by atoms with Crippen molar-refractivity contribution < 1.29 is 18.4 Å². The van der Waals surface area contributed by atoms with E-state index in [-0.39, 0.29) is 24.2 Å². The largest absolute Gasteiger partial charge is 0.334 e. The molecule has 45 heavy (non-hydrogen) atoms. The van der Waals surface area contributed by atoms with Crippen LogP contribution in [0.25, 0.3) is 20.7 Å². The van der Waals surface area contributed by atoms with E-state index in [4.69, 9.17) is 0 Å². The number of fused-ring (bicyclic) bond motifs is 1. The minimum absolute atomic E-state index is 0.0929. The molecule has 0 aliphatic heterocycles. The monoisotopic (exact) mass is 619 g/mol. The van der Waals surface area contributed by atoms with Gasteiger partial charge < -0.3 is 15.2 Å². The lowest BCUT2D eigenvalue weighted by molar-refractivity contribution is -0.105. The smallest absolute Gasteiger partial charge is 0.211 e. The Morgan fingerprint density at radius 1 is 0.800 bits per heavy atom. The molecule has 0 unspecified atom stereocenters. The van der Waals surface area contributed by atoms with Crippen LogP contribution in [0.3, 0.4) is 0 Å². The predicted octanol–water partition coefficient (Wildman–Crippen LogP) is 7.15. The van der Waals surface area contributed by atoms with E-state index in [2.05, 4.69) is 10.6 Å². The van der Waals surface area contributed by atoms with Gasteiger partial charge in [0.05, 0.1) is 17.5 Å². The molecular formula is C36H27F2N3O3S. The number of thiophene rings is 1. The third-order valence-electron chi connectivity index (χ3n) is 7.52. The van der Waals surface area contributed by atoms with Crippen molar-refractivity contribution in [3.63, 3.8) is 0 Å². The highest BCUT2D eigenvalue weighted by Crippen LogP contribution is 2.38. The maximum atomic E-state index is 14.9. The fourth-order valence-electron chi connectivity index (χ4n) is 5.29. The molecule has 1 amide bonds. The van der Waals surface area contributed by atoms with Gasteiger partial charge in [-0.25, -0.2) is 8.78 Å². The predicted molar refractivity (Wildman–Crippen MR) is 174 cm³/mol. The van der Waals surface area contributed by atoms with Gasteiger partial charge in [-0.3, -0.25) is 14.4 Å². The van der Waals surface area contributed by atoms with Gasteiger partial charge in [0.2, 0.25) is 11.8 Å². The second-order valence-corrected chi connectivity index (χ2v) is 11.4. The summed E-state index contributed by atoms with van der Waals surface area (Å²) in [5, 5.41) is 6.36. The first-order chi connectivity index (χ1) is 21.9. The Balaban J connectivity index is 1.56. The second-order valence-electron chi connectivity index (χ2n) is 10.4. The summed E-state index contributed by atoms with van der Waals surface area (Å²) in [5.41, 5.74) is 2.70. The Hall–Kier alpha value is -5.25. The van der Waals surface area contributed by atoms with Crippen molar-refractivity contribution in [2.45, 2.75) is 19.6 Å². The number of carbonyl (C=O) groups excluding carboxylic acids is 2. The fourth-order valence-corrected chi connectivity index (χ4v) is 6.59. The second kappa shape index (κ2) is 13.2. The van der Waals surface area contributed by atoms with Crippen LogP contribution in [0.2, 0.25) is 0 Å². The highest BCUT2D eigenvalue weighted by molar-refractivity contribution is 7.22. The average molecular weight is 620 g/mol. The van der Waals surface area contributed by atoms with Crippen molar-refractivity contribution in [1.29, 1.82) is 0 Å². The molecule has 0 spiro atoms. The summed E-state index contributed by atoms with van der Waals surface area (Å²) in [5.74, 6) is -1.93. The minimum Gasteiger partial charge on any atom is -0.334 e. The first-order valence-electron chi connectivity index (χ1n) is 14.2. The molecule has 4 aromatic carbocycles. The summed E-state index contributed by atoms with van der Waals surface area (Å²) in [4.78, 5) is 40.2. The molecule has 0 saturated heterocycles. The molecule has 0 aliphatic rings. The van der Waals surface area contributed by atoms with Gasteiger partial charge in [0.15, 0.2) is 5.78 Å². The van der Waals surface area contributed by atoms with E-state index in [1.54, 1.807) is 47.0 Å². The number of nitrogens with one attached hydrogen (secondary N) is 2. The van der Waals surface area contributed by atoms with Crippen molar-refractivity contribution in [2.75, 3.05) is 5.32 Å². The number of benzene rings is 4. The molecule has 2 heterocycles.